The van der Waals surface area contributed by atoms with Crippen LogP contribution < -0.4 is 20.1 Å². The lowest BCUT2D eigenvalue weighted by Gasteiger charge is -2.26. The van der Waals surface area contributed by atoms with Crippen LogP contribution in [0.3, 0.4) is 0 Å². The van der Waals surface area contributed by atoms with Gasteiger partial charge in [-0.05, 0) is 50.3 Å². The van der Waals surface area contributed by atoms with Crippen molar-refractivity contribution >= 4 is 35.8 Å². The molecule has 32 heavy (non-hydrogen) atoms. The van der Waals surface area contributed by atoms with E-state index in [2.05, 4.69) is 22.5 Å². The lowest BCUT2D eigenvalue weighted by molar-refractivity contribution is -0.135. The van der Waals surface area contributed by atoms with Crippen LogP contribution >= 0.6 is 24.0 Å². The van der Waals surface area contributed by atoms with Gasteiger partial charge in [0.05, 0.1) is 14.2 Å². The molecule has 2 aliphatic rings. The summed E-state index contributed by atoms with van der Waals surface area (Å²) in [5.41, 5.74) is 1.15. The van der Waals surface area contributed by atoms with Crippen LogP contribution in [0.1, 0.15) is 51.0 Å². The van der Waals surface area contributed by atoms with Crippen molar-refractivity contribution in [1.82, 2.24) is 15.5 Å². The van der Waals surface area contributed by atoms with Crippen molar-refractivity contribution in [3.05, 3.63) is 23.8 Å². The van der Waals surface area contributed by atoms with E-state index in [1.165, 1.54) is 19.3 Å². The number of nitrogens with one attached hydrogen (secondary N) is 2. The third-order valence-electron chi connectivity index (χ3n) is 6.26. The van der Waals surface area contributed by atoms with Gasteiger partial charge in [-0.3, -0.25) is 9.79 Å². The SMILES string of the molecule is CCNC(=NCCc1ccc(OC)c(OC)c1)NC1CCN(C(=O)C2CCCCC2)C1.I. The molecule has 7 nitrogen and oxygen atoms in total. The summed E-state index contributed by atoms with van der Waals surface area (Å²) in [6, 6.07) is 6.23. The maximum atomic E-state index is 12.8. The van der Waals surface area contributed by atoms with Crippen molar-refractivity contribution in [1.29, 1.82) is 0 Å². The minimum absolute atomic E-state index is 0. The van der Waals surface area contributed by atoms with Gasteiger partial charge in [0.15, 0.2) is 17.5 Å². The van der Waals surface area contributed by atoms with E-state index >= 15 is 0 Å². The first-order valence-corrected chi connectivity index (χ1v) is 11.7. The van der Waals surface area contributed by atoms with Gasteiger partial charge in [0.25, 0.3) is 0 Å². The molecule has 1 aromatic rings. The zero-order valence-corrected chi connectivity index (χ0v) is 22.0. The van der Waals surface area contributed by atoms with Crippen LogP contribution in [-0.2, 0) is 11.2 Å². The van der Waals surface area contributed by atoms with Gasteiger partial charge >= 0.3 is 0 Å². The highest BCUT2D eigenvalue weighted by Crippen LogP contribution is 2.28. The van der Waals surface area contributed by atoms with Crippen molar-refractivity contribution in [2.75, 3.05) is 40.4 Å². The van der Waals surface area contributed by atoms with Gasteiger partial charge in [0.2, 0.25) is 5.91 Å². The third kappa shape index (κ3) is 7.42. The Morgan fingerprint density at radius 1 is 1.12 bits per heavy atom. The first kappa shape index (κ1) is 26.5. The number of nitrogens with zero attached hydrogens (tertiary/aromatic N) is 2. The molecule has 0 radical (unpaired) electrons. The molecule has 1 aliphatic carbocycles. The molecule has 3 rings (SSSR count). The summed E-state index contributed by atoms with van der Waals surface area (Å²) in [7, 11) is 3.29. The molecule has 1 aliphatic heterocycles. The highest BCUT2D eigenvalue weighted by Gasteiger charge is 2.31. The molecule has 2 N–H and O–H groups in total. The molecule has 0 aromatic heterocycles. The van der Waals surface area contributed by atoms with Crippen LogP contribution in [0.2, 0.25) is 0 Å². The number of hydrogen-bond donors (Lipinski definition) is 2. The van der Waals surface area contributed by atoms with Crippen molar-refractivity contribution in [3.8, 4) is 11.5 Å². The Balaban J connectivity index is 0.00000363. The Hall–Kier alpha value is -1.71. The van der Waals surface area contributed by atoms with Gasteiger partial charge < -0.3 is 25.0 Å². The van der Waals surface area contributed by atoms with E-state index in [9.17, 15) is 4.79 Å². The van der Waals surface area contributed by atoms with Crippen LogP contribution in [-0.4, -0.2) is 63.2 Å². The number of carbonyl (C=O) groups excluding carboxylic acids is 1. The van der Waals surface area contributed by atoms with Crippen LogP contribution in [0.15, 0.2) is 23.2 Å². The molecule has 0 bridgehead atoms. The minimum atomic E-state index is 0. The standard InChI is InChI=1S/C24H38N4O3.HI/c1-4-25-24(26-14-12-18-10-11-21(30-2)22(16-18)31-3)27-20-13-15-28(17-20)23(29)19-8-6-5-7-9-19;/h10-11,16,19-20H,4-9,12-15,17H2,1-3H3,(H2,25,26,27);1H. The Morgan fingerprint density at radius 2 is 1.88 bits per heavy atom. The zero-order valence-electron chi connectivity index (χ0n) is 19.7. The number of guanidine groups is 1. The third-order valence-corrected chi connectivity index (χ3v) is 6.26. The molecule has 1 saturated carbocycles. The summed E-state index contributed by atoms with van der Waals surface area (Å²) < 4.78 is 10.7. The molecule has 180 valence electrons. The molecule has 2 fully saturated rings. The molecule has 1 heterocycles. The summed E-state index contributed by atoms with van der Waals surface area (Å²) in [5.74, 6) is 2.90. The number of halogens is 1. The first-order chi connectivity index (χ1) is 15.1. The first-order valence-electron chi connectivity index (χ1n) is 11.7. The van der Waals surface area contributed by atoms with Crippen LogP contribution in [0, 0.1) is 5.92 Å². The summed E-state index contributed by atoms with van der Waals surface area (Å²) in [6.45, 7) is 5.16. The van der Waals surface area contributed by atoms with Crippen molar-refractivity contribution in [2.45, 2.75) is 57.9 Å². The van der Waals surface area contributed by atoms with Gasteiger partial charge in [-0.1, -0.05) is 25.3 Å². The van der Waals surface area contributed by atoms with Gasteiger partial charge in [-0.2, -0.15) is 0 Å². The molecule has 1 aromatic carbocycles. The quantitative estimate of drug-likeness (QED) is 0.290. The number of benzene rings is 1. The Bertz CT molecular complexity index is 753. The van der Waals surface area contributed by atoms with Gasteiger partial charge in [0, 0.05) is 38.1 Å². The molecular weight excluding hydrogens is 519 g/mol. The molecular formula is C24H39IN4O3. The predicted molar refractivity (Wildman–Crippen MR) is 139 cm³/mol. The van der Waals surface area contributed by atoms with E-state index < -0.39 is 0 Å². The summed E-state index contributed by atoms with van der Waals surface area (Å²) >= 11 is 0. The fourth-order valence-corrected chi connectivity index (χ4v) is 4.53. The summed E-state index contributed by atoms with van der Waals surface area (Å²) in [5, 5.41) is 6.87. The Kier molecular flexibility index (Phi) is 11.4. The average molecular weight is 559 g/mol. The second kappa shape index (κ2) is 13.7. The van der Waals surface area contributed by atoms with Crippen LogP contribution in [0.5, 0.6) is 11.5 Å². The molecule has 0 spiro atoms. The van der Waals surface area contributed by atoms with Crippen LogP contribution in [0.25, 0.3) is 0 Å². The number of hydrogen-bond acceptors (Lipinski definition) is 4. The Morgan fingerprint density at radius 3 is 2.56 bits per heavy atom. The predicted octanol–water partition coefficient (Wildman–Crippen LogP) is 3.60. The monoisotopic (exact) mass is 558 g/mol. The lowest BCUT2D eigenvalue weighted by atomic mass is 9.88. The van der Waals surface area contributed by atoms with E-state index in [0.717, 1.165) is 68.3 Å². The minimum Gasteiger partial charge on any atom is -0.493 e. The number of methoxy groups -OCH3 is 2. The van der Waals surface area contributed by atoms with E-state index in [1.807, 2.05) is 18.2 Å². The zero-order chi connectivity index (χ0) is 22.1. The van der Waals surface area contributed by atoms with Crippen molar-refractivity contribution in [3.63, 3.8) is 0 Å². The van der Waals surface area contributed by atoms with E-state index in [4.69, 9.17) is 14.5 Å². The van der Waals surface area contributed by atoms with E-state index in [-0.39, 0.29) is 35.9 Å². The van der Waals surface area contributed by atoms with E-state index in [0.29, 0.717) is 12.5 Å². The van der Waals surface area contributed by atoms with Crippen molar-refractivity contribution in [2.24, 2.45) is 10.9 Å². The topological polar surface area (TPSA) is 75.2 Å². The summed E-state index contributed by atoms with van der Waals surface area (Å²) in [4.78, 5) is 19.6. The molecule has 1 atom stereocenters. The van der Waals surface area contributed by atoms with Crippen molar-refractivity contribution < 1.29 is 14.3 Å². The molecule has 1 unspecified atom stereocenters. The smallest absolute Gasteiger partial charge is 0.225 e. The number of carbonyl (C=O) groups is 1. The normalized spacial score (nSPS) is 19.3. The molecule has 1 amide bonds. The number of aliphatic imine (C=N–C) groups is 1. The van der Waals surface area contributed by atoms with Gasteiger partial charge in [0.1, 0.15) is 0 Å². The van der Waals surface area contributed by atoms with Gasteiger partial charge in [-0.15, -0.1) is 24.0 Å². The average Bonchev–Trinajstić information content (AvgIpc) is 3.27. The van der Waals surface area contributed by atoms with E-state index in [1.54, 1.807) is 14.2 Å². The number of amides is 1. The van der Waals surface area contributed by atoms with Crippen LogP contribution in [0.4, 0.5) is 0 Å². The number of likely N-dealkylation sites (tertiary alicyclic amines) is 1. The number of ether oxygens (including phenoxy) is 2. The lowest BCUT2D eigenvalue weighted by Crippen LogP contribution is -2.45. The second-order valence-electron chi connectivity index (χ2n) is 8.45. The fraction of sp³-hybridized carbons (Fsp3) is 0.667. The van der Waals surface area contributed by atoms with Gasteiger partial charge in [-0.25, -0.2) is 0 Å². The Labute approximate surface area is 209 Å². The maximum absolute atomic E-state index is 12.8. The maximum Gasteiger partial charge on any atom is 0.225 e. The molecule has 8 heteroatoms. The largest absolute Gasteiger partial charge is 0.493 e. The highest BCUT2D eigenvalue weighted by molar-refractivity contribution is 14.0. The molecule has 1 saturated heterocycles. The highest BCUT2D eigenvalue weighted by atomic mass is 127. The fourth-order valence-electron chi connectivity index (χ4n) is 4.53. The summed E-state index contributed by atoms with van der Waals surface area (Å²) in [6.07, 6.45) is 7.58. The second-order valence-corrected chi connectivity index (χ2v) is 8.45. The number of rotatable bonds is 8.